The first-order chi connectivity index (χ1) is 12.4. The molecule has 26 heavy (non-hydrogen) atoms. The third kappa shape index (κ3) is 3.65. The number of aliphatic hydroxyl groups is 2. The van der Waals surface area contributed by atoms with Crippen molar-refractivity contribution >= 4 is 37.9 Å². The van der Waals surface area contributed by atoms with Gasteiger partial charge in [0, 0.05) is 0 Å². The fourth-order valence-corrected chi connectivity index (χ4v) is 4.98. The Bertz CT molecular complexity index is 788. The average molecular weight is 431 g/mol. The number of carboxylic acids is 1. The van der Waals surface area contributed by atoms with Gasteiger partial charge in [-0.3, -0.25) is 0 Å². The molecule has 142 valence electrons. The minimum absolute atomic E-state index is 0.0247. The Kier molecular flexibility index (Phi) is 5.70. The van der Waals surface area contributed by atoms with Crippen LogP contribution < -0.4 is 11.5 Å². The number of carboxylic acid groups (broad SMARTS) is 1. The third-order valence-corrected chi connectivity index (χ3v) is 6.45. The van der Waals surface area contributed by atoms with E-state index < -0.39 is 36.6 Å². The first-order valence-corrected chi connectivity index (χ1v) is 10.3. The van der Waals surface area contributed by atoms with Crippen molar-refractivity contribution in [1.29, 1.82) is 0 Å². The SMILES string of the molecule is Nc1ncnc2c1ncn2[C@@H]1O[C@H](C[Se]CC[C@H](N)C(=O)O)C(O)[C@@H]1O. The molecule has 3 heterocycles. The molecule has 11 nitrogen and oxygen atoms in total. The van der Waals surface area contributed by atoms with E-state index in [4.69, 9.17) is 21.3 Å². The summed E-state index contributed by atoms with van der Waals surface area (Å²) in [5.41, 5.74) is 12.0. The molecule has 0 saturated carbocycles. The van der Waals surface area contributed by atoms with E-state index in [1.165, 1.54) is 17.2 Å². The summed E-state index contributed by atoms with van der Waals surface area (Å²) in [7, 11) is 0. The van der Waals surface area contributed by atoms with E-state index in [9.17, 15) is 15.0 Å². The maximum absolute atomic E-state index is 10.7. The molecule has 2 aromatic rings. The molecule has 0 aliphatic carbocycles. The Labute approximate surface area is 154 Å². The summed E-state index contributed by atoms with van der Waals surface area (Å²) < 4.78 is 7.35. The molecule has 7 N–H and O–H groups in total. The molecule has 1 aliphatic heterocycles. The van der Waals surface area contributed by atoms with Crippen molar-refractivity contribution in [3.8, 4) is 0 Å². The molecule has 0 spiro atoms. The van der Waals surface area contributed by atoms with E-state index in [1.807, 2.05) is 0 Å². The number of ether oxygens (including phenoxy) is 1. The van der Waals surface area contributed by atoms with Crippen LogP contribution in [0.5, 0.6) is 0 Å². The van der Waals surface area contributed by atoms with Gasteiger partial charge in [-0.1, -0.05) is 0 Å². The number of aliphatic carboxylic acids is 1. The number of anilines is 1. The number of nitrogens with zero attached hydrogens (tertiary/aromatic N) is 4. The van der Waals surface area contributed by atoms with Gasteiger partial charge in [0.25, 0.3) is 0 Å². The summed E-state index contributed by atoms with van der Waals surface area (Å²) in [6.07, 6.45) is -0.515. The Morgan fingerprint density at radius 1 is 1.35 bits per heavy atom. The molecule has 0 radical (unpaired) electrons. The van der Waals surface area contributed by atoms with Gasteiger partial charge in [-0.25, -0.2) is 0 Å². The van der Waals surface area contributed by atoms with Crippen LogP contribution in [0, 0.1) is 0 Å². The fourth-order valence-electron chi connectivity index (χ4n) is 2.69. The predicted molar refractivity (Wildman–Crippen MR) is 91.3 cm³/mol. The normalized spacial score (nSPS) is 27.0. The van der Waals surface area contributed by atoms with Crippen LogP contribution in [0.15, 0.2) is 12.7 Å². The number of imidazole rings is 1. The first-order valence-electron chi connectivity index (χ1n) is 7.91. The molecule has 0 bridgehead atoms. The second-order valence-corrected chi connectivity index (χ2v) is 8.35. The molecule has 1 aliphatic rings. The molecule has 5 atom stereocenters. The summed E-state index contributed by atoms with van der Waals surface area (Å²) in [4.78, 5) is 22.8. The van der Waals surface area contributed by atoms with Crippen LogP contribution in [0.4, 0.5) is 5.82 Å². The van der Waals surface area contributed by atoms with Crippen molar-refractivity contribution in [3.63, 3.8) is 0 Å². The maximum atomic E-state index is 10.7. The molecular formula is C14H20N6O5Se. The number of carbonyl (C=O) groups is 1. The van der Waals surface area contributed by atoms with Crippen LogP contribution in [-0.2, 0) is 9.53 Å². The predicted octanol–water partition coefficient (Wildman–Crippen LogP) is -1.63. The van der Waals surface area contributed by atoms with Crippen molar-refractivity contribution in [2.45, 2.75) is 47.6 Å². The van der Waals surface area contributed by atoms with Crippen LogP contribution in [0.3, 0.4) is 0 Å². The topological polar surface area (TPSA) is 183 Å². The van der Waals surface area contributed by atoms with E-state index >= 15 is 0 Å². The Balaban J connectivity index is 1.64. The van der Waals surface area contributed by atoms with Gasteiger partial charge in [0.05, 0.1) is 0 Å². The van der Waals surface area contributed by atoms with Gasteiger partial charge in [0.2, 0.25) is 0 Å². The second-order valence-electron chi connectivity index (χ2n) is 5.94. The Hall–Kier alpha value is -1.82. The fraction of sp³-hybridized carbons (Fsp3) is 0.571. The zero-order valence-corrected chi connectivity index (χ0v) is 15.4. The summed E-state index contributed by atoms with van der Waals surface area (Å²) in [5, 5.41) is 30.6. The summed E-state index contributed by atoms with van der Waals surface area (Å²) in [5.74, 6) is -0.807. The molecule has 12 heteroatoms. The molecule has 2 aromatic heterocycles. The van der Waals surface area contributed by atoms with Gasteiger partial charge in [0.15, 0.2) is 0 Å². The zero-order chi connectivity index (χ0) is 18.8. The molecular weight excluding hydrogens is 411 g/mol. The summed E-state index contributed by atoms with van der Waals surface area (Å²) in [6.45, 7) is 0. The molecule has 1 unspecified atom stereocenters. The van der Waals surface area contributed by atoms with Crippen LogP contribution in [0.1, 0.15) is 12.6 Å². The number of nitrogens with two attached hydrogens (primary N) is 2. The number of hydrogen-bond donors (Lipinski definition) is 5. The first kappa shape index (κ1) is 19.0. The standard InChI is InChI=1S/C14H20N6O5Se/c15-6(14(23)24)1-2-26-3-7-9(21)10(22)13(25-7)20-5-19-8-11(16)17-4-18-12(8)20/h4-7,9-10,13,21-22H,1-3,15H2,(H,23,24)(H2,16,17,18)/t6-,7+,9?,10-,13+/m0/s1. The molecule has 3 rings (SSSR count). The number of nitrogen functional groups attached to an aromatic ring is 1. The molecule has 1 saturated heterocycles. The Morgan fingerprint density at radius 2 is 2.12 bits per heavy atom. The van der Waals surface area contributed by atoms with E-state index in [2.05, 4.69) is 15.0 Å². The van der Waals surface area contributed by atoms with Crippen LogP contribution >= 0.6 is 0 Å². The van der Waals surface area contributed by atoms with Crippen LogP contribution in [-0.4, -0.2) is 80.1 Å². The molecule has 0 amide bonds. The number of fused-ring (bicyclic) bond motifs is 1. The van der Waals surface area contributed by atoms with Gasteiger partial charge in [-0.05, 0) is 0 Å². The number of aromatic nitrogens is 4. The van der Waals surface area contributed by atoms with E-state index in [1.54, 1.807) is 0 Å². The monoisotopic (exact) mass is 432 g/mol. The number of aliphatic hydroxyl groups excluding tert-OH is 2. The summed E-state index contributed by atoms with van der Waals surface area (Å²) in [6, 6.07) is -0.882. The Morgan fingerprint density at radius 3 is 2.85 bits per heavy atom. The van der Waals surface area contributed by atoms with Crippen molar-refractivity contribution in [1.82, 2.24) is 19.5 Å². The van der Waals surface area contributed by atoms with Crippen LogP contribution in [0.25, 0.3) is 11.2 Å². The molecule has 0 aromatic carbocycles. The van der Waals surface area contributed by atoms with E-state index in [0.717, 1.165) is 0 Å². The second kappa shape index (κ2) is 7.82. The van der Waals surface area contributed by atoms with E-state index in [0.29, 0.717) is 28.2 Å². The minimum atomic E-state index is -1.15. The van der Waals surface area contributed by atoms with Gasteiger partial charge >= 0.3 is 154 Å². The average Bonchev–Trinajstić information content (AvgIpc) is 3.15. The summed E-state index contributed by atoms with van der Waals surface area (Å²) >= 11 is 0.0247. The van der Waals surface area contributed by atoms with Crippen molar-refractivity contribution in [2.24, 2.45) is 5.73 Å². The third-order valence-electron chi connectivity index (χ3n) is 4.17. The van der Waals surface area contributed by atoms with Gasteiger partial charge in [-0.2, -0.15) is 0 Å². The van der Waals surface area contributed by atoms with Crippen molar-refractivity contribution in [2.75, 3.05) is 5.73 Å². The van der Waals surface area contributed by atoms with Gasteiger partial charge in [0.1, 0.15) is 0 Å². The van der Waals surface area contributed by atoms with Crippen LogP contribution in [0.2, 0.25) is 10.6 Å². The molecule has 1 fully saturated rings. The number of hydrogen-bond acceptors (Lipinski definition) is 9. The van der Waals surface area contributed by atoms with Gasteiger partial charge in [-0.15, -0.1) is 0 Å². The zero-order valence-electron chi connectivity index (χ0n) is 13.7. The van der Waals surface area contributed by atoms with Crippen molar-refractivity contribution < 1.29 is 24.9 Å². The van der Waals surface area contributed by atoms with Crippen molar-refractivity contribution in [3.05, 3.63) is 12.7 Å². The van der Waals surface area contributed by atoms with E-state index in [-0.39, 0.29) is 20.8 Å². The van der Waals surface area contributed by atoms with Gasteiger partial charge < -0.3 is 0 Å². The number of rotatable bonds is 7. The quantitative estimate of drug-likeness (QED) is 0.252.